The van der Waals surface area contributed by atoms with Crippen LogP contribution in [0, 0.1) is 10.1 Å². The van der Waals surface area contributed by atoms with Gasteiger partial charge in [0.25, 0.3) is 11.9 Å². The molecule has 0 unspecified atom stereocenters. The predicted octanol–water partition coefficient (Wildman–Crippen LogP) is 6.40. The van der Waals surface area contributed by atoms with Gasteiger partial charge in [0.2, 0.25) is 0 Å². The molecule has 0 bridgehead atoms. The van der Waals surface area contributed by atoms with Crippen molar-refractivity contribution in [2.75, 3.05) is 19.0 Å². The van der Waals surface area contributed by atoms with E-state index < -0.39 is 17.5 Å². The topological polar surface area (TPSA) is 93.9 Å². The van der Waals surface area contributed by atoms with Gasteiger partial charge in [-0.2, -0.15) is 0 Å². The lowest BCUT2D eigenvalue weighted by atomic mass is 9.77. The first kappa shape index (κ1) is 26.4. The molecule has 2 fully saturated rings. The van der Waals surface area contributed by atoms with Gasteiger partial charge < -0.3 is 14.8 Å². The fourth-order valence-electron chi connectivity index (χ4n) is 6.63. The Kier molecular flexibility index (Phi) is 6.74. The van der Waals surface area contributed by atoms with Gasteiger partial charge in [-0.1, -0.05) is 47.5 Å². The molecular weight excluding hydrogens is 609 g/mol. The normalized spacial score (nSPS) is 25.4. The fourth-order valence-corrected chi connectivity index (χ4v) is 7.53. The molecular formula is C28H24BrCl2N3O5. The largest absolute Gasteiger partial charge is 0.493 e. The summed E-state index contributed by atoms with van der Waals surface area (Å²) in [5.41, 5.74) is 1.45. The molecule has 2 saturated heterocycles. The number of fused-ring (bicyclic) bond motifs is 4. The Hall–Kier alpha value is -2.85. The number of rotatable bonds is 6. The minimum absolute atomic E-state index is 0.183. The van der Waals surface area contributed by atoms with Crippen molar-refractivity contribution in [1.29, 1.82) is 0 Å². The second-order valence-electron chi connectivity index (χ2n) is 10.00. The standard InChI is InChI=1S/C28H24BrCl2N3O5/c1-38-23-13-16(12-18(29)25(23)39-14-15-8-9-19(30)20(31)11-15)24-22-7-4-10-33(22)28(26(24)34(36)37)17-5-2-3-6-21(17)32-27(28)35/h2-3,5-6,8-9,11-13,22,24,26H,4,7,10,14H2,1H3,(H,32,35)/t22-,24+,26-,28+/m0/s1. The number of anilines is 1. The summed E-state index contributed by atoms with van der Waals surface area (Å²) in [7, 11) is 1.53. The highest BCUT2D eigenvalue weighted by atomic mass is 79.9. The number of hydrogen-bond donors (Lipinski definition) is 1. The van der Waals surface area contributed by atoms with E-state index in [0.29, 0.717) is 49.4 Å². The van der Waals surface area contributed by atoms with Crippen molar-refractivity contribution in [1.82, 2.24) is 4.90 Å². The third-order valence-electron chi connectivity index (χ3n) is 8.10. The van der Waals surface area contributed by atoms with E-state index in [1.54, 1.807) is 24.3 Å². The van der Waals surface area contributed by atoms with Crippen molar-refractivity contribution in [3.63, 3.8) is 0 Å². The molecule has 11 heteroatoms. The van der Waals surface area contributed by atoms with Gasteiger partial charge in [0.1, 0.15) is 6.61 Å². The summed E-state index contributed by atoms with van der Waals surface area (Å²) < 4.78 is 12.4. The van der Waals surface area contributed by atoms with Gasteiger partial charge in [0.05, 0.1) is 27.5 Å². The number of carbonyl (C=O) groups excluding carboxylic acids is 1. The van der Waals surface area contributed by atoms with E-state index in [1.165, 1.54) is 7.11 Å². The van der Waals surface area contributed by atoms with Crippen LogP contribution in [0.25, 0.3) is 0 Å². The molecule has 39 heavy (non-hydrogen) atoms. The van der Waals surface area contributed by atoms with E-state index in [2.05, 4.69) is 26.1 Å². The van der Waals surface area contributed by atoms with E-state index >= 15 is 0 Å². The number of ether oxygens (including phenoxy) is 2. The van der Waals surface area contributed by atoms with Crippen LogP contribution in [-0.4, -0.2) is 41.5 Å². The van der Waals surface area contributed by atoms with Crippen LogP contribution in [0.3, 0.4) is 0 Å². The first-order valence-corrected chi connectivity index (χ1v) is 14.1. The van der Waals surface area contributed by atoms with Crippen molar-refractivity contribution < 1.29 is 19.2 Å². The summed E-state index contributed by atoms with van der Waals surface area (Å²) in [5.74, 6) is 0.00867. The number of halogens is 3. The maximum atomic E-state index is 13.7. The predicted molar refractivity (Wildman–Crippen MR) is 151 cm³/mol. The molecule has 3 aliphatic heterocycles. The molecule has 6 rings (SSSR count). The molecule has 1 amide bonds. The van der Waals surface area contributed by atoms with Crippen LogP contribution in [-0.2, 0) is 16.9 Å². The quantitative estimate of drug-likeness (QED) is 0.250. The van der Waals surface area contributed by atoms with Crippen molar-refractivity contribution in [2.24, 2.45) is 0 Å². The van der Waals surface area contributed by atoms with Gasteiger partial charge in [0.15, 0.2) is 17.0 Å². The summed E-state index contributed by atoms with van der Waals surface area (Å²) in [6, 6.07) is 14.8. The van der Waals surface area contributed by atoms with Crippen LogP contribution in [0.5, 0.6) is 11.5 Å². The Labute approximate surface area is 243 Å². The first-order chi connectivity index (χ1) is 18.8. The summed E-state index contributed by atoms with van der Waals surface area (Å²) >= 11 is 15.8. The Morgan fingerprint density at radius 2 is 1.97 bits per heavy atom. The highest BCUT2D eigenvalue weighted by Gasteiger charge is 2.73. The Morgan fingerprint density at radius 1 is 1.18 bits per heavy atom. The van der Waals surface area contributed by atoms with Crippen LogP contribution >= 0.6 is 39.1 Å². The van der Waals surface area contributed by atoms with Crippen molar-refractivity contribution in [2.45, 2.75) is 43.0 Å². The summed E-state index contributed by atoms with van der Waals surface area (Å²) in [6.07, 6.45) is 1.60. The second-order valence-corrected chi connectivity index (χ2v) is 11.7. The minimum atomic E-state index is -1.38. The zero-order valence-electron chi connectivity index (χ0n) is 20.8. The lowest BCUT2D eigenvalue weighted by Gasteiger charge is -2.32. The molecule has 3 aromatic rings. The Balaban J connectivity index is 1.41. The average Bonchev–Trinajstić information content (AvgIpc) is 3.58. The average molecular weight is 633 g/mol. The molecule has 3 heterocycles. The summed E-state index contributed by atoms with van der Waals surface area (Å²) in [5, 5.41) is 16.7. The van der Waals surface area contributed by atoms with Crippen molar-refractivity contribution in [3.05, 3.63) is 95.9 Å². The molecule has 0 aliphatic carbocycles. The minimum Gasteiger partial charge on any atom is -0.493 e. The highest BCUT2D eigenvalue weighted by Crippen LogP contribution is 2.58. The first-order valence-electron chi connectivity index (χ1n) is 12.5. The van der Waals surface area contributed by atoms with Crippen LogP contribution in [0.1, 0.15) is 35.4 Å². The van der Waals surface area contributed by atoms with Crippen molar-refractivity contribution in [3.8, 4) is 11.5 Å². The van der Waals surface area contributed by atoms with Crippen LogP contribution in [0.15, 0.2) is 59.1 Å². The molecule has 3 aromatic carbocycles. The van der Waals surface area contributed by atoms with Gasteiger partial charge in [-0.05, 0) is 70.2 Å². The van der Waals surface area contributed by atoms with Gasteiger partial charge in [-0.3, -0.25) is 19.8 Å². The fraction of sp³-hybridized carbons (Fsp3) is 0.321. The number of nitro groups is 1. The number of carbonyl (C=O) groups is 1. The molecule has 0 saturated carbocycles. The van der Waals surface area contributed by atoms with E-state index in [1.807, 2.05) is 30.3 Å². The number of benzene rings is 3. The monoisotopic (exact) mass is 631 g/mol. The molecule has 3 aliphatic rings. The van der Waals surface area contributed by atoms with E-state index in [4.69, 9.17) is 32.7 Å². The Bertz CT molecular complexity index is 1500. The van der Waals surface area contributed by atoms with Crippen LogP contribution in [0.2, 0.25) is 10.0 Å². The van der Waals surface area contributed by atoms with Crippen LogP contribution < -0.4 is 14.8 Å². The number of para-hydroxylation sites is 1. The third-order valence-corrected chi connectivity index (χ3v) is 9.43. The number of nitrogens with one attached hydrogen (secondary N) is 1. The number of amides is 1. The van der Waals surface area contributed by atoms with Gasteiger partial charge >= 0.3 is 0 Å². The zero-order chi connectivity index (χ0) is 27.5. The van der Waals surface area contributed by atoms with E-state index in [0.717, 1.165) is 18.4 Å². The Morgan fingerprint density at radius 3 is 2.72 bits per heavy atom. The molecule has 8 nitrogen and oxygen atoms in total. The number of nitrogens with zero attached hydrogens (tertiary/aromatic N) is 2. The number of methoxy groups -OCH3 is 1. The molecule has 4 atom stereocenters. The molecule has 0 aromatic heterocycles. The summed E-state index contributed by atoms with van der Waals surface area (Å²) in [4.78, 5) is 28.3. The van der Waals surface area contributed by atoms with Gasteiger partial charge in [-0.15, -0.1) is 0 Å². The molecule has 1 spiro atoms. The second kappa shape index (κ2) is 9.96. The number of hydrogen-bond acceptors (Lipinski definition) is 6. The molecule has 0 radical (unpaired) electrons. The smallest absolute Gasteiger partial charge is 0.256 e. The molecule has 202 valence electrons. The van der Waals surface area contributed by atoms with E-state index in [9.17, 15) is 14.9 Å². The maximum Gasteiger partial charge on any atom is 0.256 e. The van der Waals surface area contributed by atoms with Gasteiger partial charge in [-0.25, -0.2) is 0 Å². The van der Waals surface area contributed by atoms with Crippen molar-refractivity contribution >= 4 is 50.7 Å². The summed E-state index contributed by atoms with van der Waals surface area (Å²) in [6.45, 7) is 0.818. The molecule has 1 N–H and O–H groups in total. The maximum absolute atomic E-state index is 13.7. The lowest BCUT2D eigenvalue weighted by molar-refractivity contribution is -0.534. The van der Waals surface area contributed by atoms with E-state index in [-0.39, 0.29) is 23.5 Å². The SMILES string of the molecule is COc1cc([C@H]2[C@H]([N+](=O)[O-])[C@]3(C(=O)Nc4ccccc43)N3CCC[C@@H]23)cc(Br)c1OCc1ccc(Cl)c(Cl)c1. The highest BCUT2D eigenvalue weighted by molar-refractivity contribution is 9.10. The van der Waals surface area contributed by atoms with Gasteiger partial charge in [0, 0.05) is 28.8 Å². The lowest BCUT2D eigenvalue weighted by Crippen LogP contribution is -2.55. The zero-order valence-corrected chi connectivity index (χ0v) is 23.9. The third kappa shape index (κ3) is 4.01. The van der Waals surface area contributed by atoms with Crippen LogP contribution in [0.4, 0.5) is 5.69 Å².